The van der Waals surface area contributed by atoms with Crippen molar-refractivity contribution in [3.8, 4) is 0 Å². The maximum atomic E-state index is 12.6. The molecule has 1 aliphatic heterocycles. The Balaban J connectivity index is 1.65. The first kappa shape index (κ1) is 17.6. The molecule has 2 aromatic heterocycles. The smallest absolute Gasteiger partial charge is 0.276 e. The van der Waals surface area contributed by atoms with Crippen molar-refractivity contribution in [3.63, 3.8) is 0 Å². The first-order chi connectivity index (χ1) is 12.0. The molecule has 0 aliphatic carbocycles. The second-order valence-electron chi connectivity index (χ2n) is 6.56. The Morgan fingerprint density at radius 3 is 2.76 bits per heavy atom. The third-order valence-corrected chi connectivity index (χ3v) is 4.84. The molecule has 1 aliphatic rings. The Kier molecular flexibility index (Phi) is 5.19. The second-order valence-corrected chi connectivity index (χ2v) is 6.56. The van der Waals surface area contributed by atoms with Crippen LogP contribution in [0.25, 0.3) is 5.65 Å². The molecule has 0 saturated carbocycles. The fourth-order valence-corrected chi connectivity index (χ4v) is 3.18. The van der Waals surface area contributed by atoms with Gasteiger partial charge in [0.15, 0.2) is 5.65 Å². The number of aliphatic hydroxyl groups is 1. The van der Waals surface area contributed by atoms with Gasteiger partial charge in [0, 0.05) is 56.2 Å². The van der Waals surface area contributed by atoms with Crippen LogP contribution in [0.2, 0.25) is 0 Å². The number of nitrogens with zero attached hydrogens (tertiary/aromatic N) is 4. The summed E-state index contributed by atoms with van der Waals surface area (Å²) in [4.78, 5) is 33.5. The lowest BCUT2D eigenvalue weighted by Gasteiger charge is -2.35. The minimum Gasteiger partial charge on any atom is -0.392 e. The molecule has 2 aromatic rings. The van der Waals surface area contributed by atoms with Gasteiger partial charge < -0.3 is 10.0 Å². The molecule has 8 heteroatoms. The van der Waals surface area contributed by atoms with Gasteiger partial charge in [-0.3, -0.25) is 19.6 Å². The van der Waals surface area contributed by atoms with Crippen molar-refractivity contribution in [2.75, 3.05) is 32.7 Å². The molecule has 0 bridgehead atoms. The van der Waals surface area contributed by atoms with Crippen molar-refractivity contribution >= 4 is 11.6 Å². The number of aromatic nitrogens is 3. The first-order valence-corrected chi connectivity index (χ1v) is 8.73. The lowest BCUT2D eigenvalue weighted by molar-refractivity contribution is -0.132. The monoisotopic (exact) mass is 347 g/mol. The van der Waals surface area contributed by atoms with Crippen molar-refractivity contribution in [3.05, 3.63) is 33.9 Å². The number of nitrogens with one attached hydrogen (secondary N) is 1. The standard InChI is InChI=1S/C17H25N5O3/c1-3-13(23)11-20-6-8-21(9-7-20)16(24)10-14-12(2)19-15-4-5-18-22(15)17(14)25/h4-5,13,18,23H,3,6-11H2,1-2H3/t13-/m1/s1. The van der Waals surface area contributed by atoms with Crippen LogP contribution in [0.4, 0.5) is 0 Å². The third kappa shape index (κ3) is 3.74. The van der Waals surface area contributed by atoms with Crippen LogP contribution in [0.15, 0.2) is 17.1 Å². The van der Waals surface area contributed by atoms with E-state index in [9.17, 15) is 14.7 Å². The molecule has 25 heavy (non-hydrogen) atoms. The summed E-state index contributed by atoms with van der Waals surface area (Å²) in [6, 6.07) is 1.73. The van der Waals surface area contributed by atoms with Gasteiger partial charge in [-0.2, -0.15) is 0 Å². The SMILES string of the molecule is CC[C@@H](O)CN1CCN(C(=O)Cc2c(C)nc3cc[nH]n3c2=O)CC1. The first-order valence-electron chi connectivity index (χ1n) is 8.73. The van der Waals surface area contributed by atoms with E-state index in [0.29, 0.717) is 36.5 Å². The van der Waals surface area contributed by atoms with E-state index < -0.39 is 0 Å². The molecule has 0 aromatic carbocycles. The van der Waals surface area contributed by atoms with E-state index in [-0.39, 0.29) is 24.0 Å². The Hall–Kier alpha value is -2.19. The molecule has 0 unspecified atom stereocenters. The van der Waals surface area contributed by atoms with E-state index >= 15 is 0 Å². The normalized spacial score (nSPS) is 17.2. The van der Waals surface area contributed by atoms with Crippen molar-refractivity contribution < 1.29 is 9.90 Å². The highest BCUT2D eigenvalue weighted by atomic mass is 16.3. The van der Waals surface area contributed by atoms with Crippen LogP contribution in [0.5, 0.6) is 0 Å². The Morgan fingerprint density at radius 2 is 2.08 bits per heavy atom. The molecule has 8 nitrogen and oxygen atoms in total. The van der Waals surface area contributed by atoms with E-state index in [1.165, 1.54) is 4.52 Å². The molecular weight excluding hydrogens is 322 g/mol. The van der Waals surface area contributed by atoms with Crippen molar-refractivity contribution in [2.45, 2.75) is 32.8 Å². The fraction of sp³-hybridized carbons (Fsp3) is 0.588. The van der Waals surface area contributed by atoms with Gasteiger partial charge in [-0.25, -0.2) is 9.50 Å². The lowest BCUT2D eigenvalue weighted by Crippen LogP contribution is -2.51. The summed E-state index contributed by atoms with van der Waals surface area (Å²) in [5.74, 6) is -0.0517. The maximum Gasteiger partial charge on any atom is 0.276 e. The van der Waals surface area contributed by atoms with Crippen molar-refractivity contribution in [2.24, 2.45) is 0 Å². The molecular formula is C17H25N5O3. The highest BCUT2D eigenvalue weighted by molar-refractivity contribution is 5.79. The van der Waals surface area contributed by atoms with E-state index in [2.05, 4.69) is 15.0 Å². The minimum atomic E-state index is -0.316. The van der Waals surface area contributed by atoms with E-state index in [1.807, 2.05) is 6.92 Å². The van der Waals surface area contributed by atoms with Crippen LogP contribution in [0.3, 0.4) is 0 Å². The number of H-pyrrole nitrogens is 1. The second kappa shape index (κ2) is 7.37. The Bertz CT molecular complexity index is 804. The number of aliphatic hydroxyl groups excluding tert-OH is 1. The van der Waals surface area contributed by atoms with Crippen LogP contribution >= 0.6 is 0 Å². The van der Waals surface area contributed by atoms with Gasteiger partial charge in [0.25, 0.3) is 5.56 Å². The number of fused-ring (bicyclic) bond motifs is 1. The Morgan fingerprint density at radius 1 is 1.36 bits per heavy atom. The number of rotatable bonds is 5. The number of carbonyl (C=O) groups is 1. The zero-order chi connectivity index (χ0) is 18.0. The van der Waals surface area contributed by atoms with Crippen molar-refractivity contribution in [1.29, 1.82) is 0 Å². The van der Waals surface area contributed by atoms with E-state index in [1.54, 1.807) is 24.1 Å². The zero-order valence-electron chi connectivity index (χ0n) is 14.7. The fourth-order valence-electron chi connectivity index (χ4n) is 3.18. The summed E-state index contributed by atoms with van der Waals surface area (Å²) in [6.45, 7) is 7.10. The average molecular weight is 347 g/mol. The summed E-state index contributed by atoms with van der Waals surface area (Å²) >= 11 is 0. The minimum absolute atomic E-state index is 0.0517. The molecule has 1 fully saturated rings. The average Bonchev–Trinajstić information content (AvgIpc) is 3.07. The number of piperazine rings is 1. The van der Waals surface area contributed by atoms with Gasteiger partial charge in [0.05, 0.1) is 12.5 Å². The van der Waals surface area contributed by atoms with Gasteiger partial charge in [-0.1, -0.05) is 6.92 Å². The molecule has 3 heterocycles. The van der Waals surface area contributed by atoms with Crippen LogP contribution in [0, 0.1) is 6.92 Å². The number of β-amino-alcohol motifs (C(OH)–C–C–N with tert-alkyl or cyclic N) is 1. The van der Waals surface area contributed by atoms with Crippen LogP contribution in [-0.4, -0.2) is 74.2 Å². The van der Waals surface area contributed by atoms with Crippen molar-refractivity contribution in [1.82, 2.24) is 24.4 Å². The summed E-state index contributed by atoms with van der Waals surface area (Å²) in [5.41, 5.74) is 1.38. The third-order valence-electron chi connectivity index (χ3n) is 4.84. The van der Waals surface area contributed by atoms with Gasteiger partial charge in [0.2, 0.25) is 5.91 Å². The number of hydrogen-bond donors (Lipinski definition) is 2. The van der Waals surface area contributed by atoms with Gasteiger partial charge >= 0.3 is 0 Å². The molecule has 1 saturated heterocycles. The molecule has 1 amide bonds. The van der Waals surface area contributed by atoms with E-state index in [4.69, 9.17) is 0 Å². The molecule has 1 atom stereocenters. The topological polar surface area (TPSA) is 93.9 Å². The predicted octanol–water partition coefficient (Wildman–Crippen LogP) is -0.211. The van der Waals surface area contributed by atoms with Gasteiger partial charge in [-0.05, 0) is 13.3 Å². The predicted molar refractivity (Wildman–Crippen MR) is 93.6 cm³/mol. The summed E-state index contributed by atoms with van der Waals surface area (Å²) < 4.78 is 1.36. The van der Waals surface area contributed by atoms with Gasteiger partial charge in [0.1, 0.15) is 0 Å². The molecule has 3 rings (SSSR count). The van der Waals surface area contributed by atoms with Gasteiger partial charge in [-0.15, -0.1) is 0 Å². The quantitative estimate of drug-likeness (QED) is 0.780. The highest BCUT2D eigenvalue weighted by Gasteiger charge is 2.24. The highest BCUT2D eigenvalue weighted by Crippen LogP contribution is 2.09. The van der Waals surface area contributed by atoms with E-state index in [0.717, 1.165) is 19.5 Å². The molecule has 0 spiro atoms. The number of carbonyl (C=O) groups excluding carboxylic acids is 1. The molecule has 136 valence electrons. The summed E-state index contributed by atoms with van der Waals surface area (Å²) in [5, 5.41) is 12.6. The molecule has 2 N–H and O–H groups in total. The number of aryl methyl sites for hydroxylation is 1. The summed E-state index contributed by atoms with van der Waals surface area (Å²) in [6.07, 6.45) is 2.13. The number of hydrogen-bond acceptors (Lipinski definition) is 5. The molecule has 0 radical (unpaired) electrons. The zero-order valence-corrected chi connectivity index (χ0v) is 14.7. The Labute approximate surface area is 146 Å². The number of amides is 1. The largest absolute Gasteiger partial charge is 0.392 e. The van der Waals surface area contributed by atoms with Crippen LogP contribution in [-0.2, 0) is 11.2 Å². The van der Waals surface area contributed by atoms with Crippen LogP contribution in [0.1, 0.15) is 24.6 Å². The maximum absolute atomic E-state index is 12.6. The summed E-state index contributed by atoms with van der Waals surface area (Å²) in [7, 11) is 0. The number of aromatic amines is 1. The lowest BCUT2D eigenvalue weighted by atomic mass is 10.1. The van der Waals surface area contributed by atoms with Crippen LogP contribution < -0.4 is 5.56 Å².